The second-order valence-electron chi connectivity index (χ2n) is 8.13. The largest absolute Gasteiger partial charge is 0.485 e. The zero-order chi connectivity index (χ0) is 22.5. The molecule has 1 aromatic carbocycles. The number of thioether (sulfide) groups is 1. The summed E-state index contributed by atoms with van der Waals surface area (Å²) in [6.45, 7) is 4.36. The Morgan fingerprint density at radius 2 is 2.00 bits per heavy atom. The molecule has 0 bridgehead atoms. The van der Waals surface area contributed by atoms with Gasteiger partial charge in [-0.1, -0.05) is 54.5 Å². The molecule has 1 aliphatic rings. The molecule has 0 spiro atoms. The van der Waals surface area contributed by atoms with Crippen molar-refractivity contribution in [2.75, 3.05) is 11.1 Å². The molecule has 4 rings (SSSR count). The number of rotatable bonds is 8. The Morgan fingerprint density at radius 1 is 1.19 bits per heavy atom. The maximum absolute atomic E-state index is 12.4. The van der Waals surface area contributed by atoms with Crippen LogP contribution in [0.5, 0.6) is 5.75 Å². The average Bonchev–Trinajstić information content (AvgIpc) is 3.40. The molecule has 1 aliphatic carbocycles. The fourth-order valence-corrected chi connectivity index (χ4v) is 5.35. The lowest BCUT2D eigenvalue weighted by Crippen LogP contribution is -2.14. The Labute approximate surface area is 196 Å². The highest BCUT2D eigenvalue weighted by molar-refractivity contribution is 7.99. The molecule has 1 saturated carbocycles. The summed E-state index contributed by atoms with van der Waals surface area (Å²) < 4.78 is 7.79. The van der Waals surface area contributed by atoms with Gasteiger partial charge in [-0.2, -0.15) is 0 Å². The molecule has 10 heteroatoms. The zero-order valence-electron chi connectivity index (χ0n) is 18.6. The van der Waals surface area contributed by atoms with Crippen LogP contribution < -0.4 is 10.1 Å². The molecule has 0 saturated heterocycles. The van der Waals surface area contributed by atoms with Gasteiger partial charge < -0.3 is 9.30 Å². The van der Waals surface area contributed by atoms with E-state index in [0.717, 1.165) is 21.9 Å². The van der Waals surface area contributed by atoms with Gasteiger partial charge in [0.25, 0.3) is 0 Å². The van der Waals surface area contributed by atoms with E-state index in [2.05, 4.69) is 31.8 Å². The van der Waals surface area contributed by atoms with Gasteiger partial charge in [0.2, 0.25) is 11.0 Å². The third-order valence-electron chi connectivity index (χ3n) is 5.60. The highest BCUT2D eigenvalue weighted by Crippen LogP contribution is 2.35. The molecule has 8 nitrogen and oxygen atoms in total. The number of carbonyl (C=O) groups excluding carboxylic acids is 1. The van der Waals surface area contributed by atoms with Crippen molar-refractivity contribution in [2.45, 2.75) is 63.6 Å². The number of anilines is 1. The van der Waals surface area contributed by atoms with Gasteiger partial charge in [0.15, 0.2) is 11.0 Å². The molecule has 170 valence electrons. The Morgan fingerprint density at radius 3 is 2.81 bits per heavy atom. The Hall–Kier alpha value is -2.46. The lowest BCUT2D eigenvalue weighted by Gasteiger charge is -2.18. The maximum atomic E-state index is 12.4. The molecule has 32 heavy (non-hydrogen) atoms. The standard InChI is InChI=1S/C22H28N6O2S2/c1-14-9-10-15(2)17(11-14)30-12-18-24-27-22(28(18)3)31-13-19(29)23-21-26-25-20(32-21)16-7-5-4-6-8-16/h9-11,16H,4-8,12-13H2,1-3H3,(H,23,26,29). The van der Waals surface area contributed by atoms with Crippen molar-refractivity contribution in [3.8, 4) is 5.75 Å². The first-order valence-corrected chi connectivity index (χ1v) is 12.6. The van der Waals surface area contributed by atoms with E-state index in [1.54, 1.807) is 0 Å². The quantitative estimate of drug-likeness (QED) is 0.477. The van der Waals surface area contributed by atoms with E-state index < -0.39 is 0 Å². The third kappa shape index (κ3) is 5.66. The van der Waals surface area contributed by atoms with E-state index in [4.69, 9.17) is 4.74 Å². The number of hydrogen-bond donors (Lipinski definition) is 1. The van der Waals surface area contributed by atoms with Crippen LogP contribution in [-0.2, 0) is 18.4 Å². The first kappa shape index (κ1) is 22.7. The molecule has 1 amide bonds. The Bertz CT molecular complexity index is 1070. The molecule has 0 aliphatic heterocycles. The maximum Gasteiger partial charge on any atom is 0.236 e. The Balaban J connectivity index is 1.27. The van der Waals surface area contributed by atoms with Gasteiger partial charge in [0, 0.05) is 13.0 Å². The summed E-state index contributed by atoms with van der Waals surface area (Å²) >= 11 is 2.83. The van der Waals surface area contributed by atoms with Gasteiger partial charge in [-0.3, -0.25) is 10.1 Å². The first-order valence-electron chi connectivity index (χ1n) is 10.8. The van der Waals surface area contributed by atoms with Crippen LogP contribution in [0.1, 0.15) is 60.0 Å². The number of aromatic nitrogens is 5. The van der Waals surface area contributed by atoms with Gasteiger partial charge in [0.05, 0.1) is 5.75 Å². The number of nitrogens with one attached hydrogen (secondary N) is 1. The minimum atomic E-state index is -0.127. The van der Waals surface area contributed by atoms with Gasteiger partial charge in [-0.15, -0.1) is 20.4 Å². The van der Waals surface area contributed by atoms with E-state index in [0.29, 0.717) is 28.6 Å². The summed E-state index contributed by atoms with van der Waals surface area (Å²) in [6.07, 6.45) is 6.13. The summed E-state index contributed by atoms with van der Waals surface area (Å²) in [5.41, 5.74) is 2.22. The fourth-order valence-electron chi connectivity index (χ4n) is 3.69. The van der Waals surface area contributed by atoms with Crippen LogP contribution in [0, 0.1) is 13.8 Å². The number of benzene rings is 1. The highest BCUT2D eigenvalue weighted by Gasteiger charge is 2.20. The molecule has 1 N–H and O–H groups in total. The van der Waals surface area contributed by atoms with Gasteiger partial charge in [-0.25, -0.2) is 0 Å². The first-order chi connectivity index (χ1) is 15.5. The minimum absolute atomic E-state index is 0.127. The number of nitrogens with zero attached hydrogens (tertiary/aromatic N) is 5. The van der Waals surface area contributed by atoms with Crippen LogP contribution in [0.2, 0.25) is 0 Å². The van der Waals surface area contributed by atoms with Crippen molar-refractivity contribution in [3.63, 3.8) is 0 Å². The third-order valence-corrected chi connectivity index (χ3v) is 7.62. The molecule has 1 fully saturated rings. The molecule has 0 atom stereocenters. The molecule has 2 aromatic heterocycles. The van der Waals surface area contributed by atoms with Crippen molar-refractivity contribution in [1.29, 1.82) is 0 Å². The van der Waals surface area contributed by atoms with Crippen LogP contribution in [0.25, 0.3) is 0 Å². The van der Waals surface area contributed by atoms with E-state index in [-0.39, 0.29) is 11.7 Å². The van der Waals surface area contributed by atoms with Crippen LogP contribution in [0.4, 0.5) is 5.13 Å². The van der Waals surface area contributed by atoms with Crippen LogP contribution in [0.15, 0.2) is 23.4 Å². The van der Waals surface area contributed by atoms with Gasteiger partial charge in [-0.05, 0) is 43.9 Å². The van der Waals surface area contributed by atoms with Crippen LogP contribution >= 0.6 is 23.1 Å². The normalized spacial score (nSPS) is 14.5. The van der Waals surface area contributed by atoms with E-state index in [1.165, 1.54) is 55.2 Å². The van der Waals surface area contributed by atoms with Crippen LogP contribution in [0.3, 0.4) is 0 Å². The van der Waals surface area contributed by atoms with Crippen molar-refractivity contribution in [1.82, 2.24) is 25.0 Å². The van der Waals surface area contributed by atoms with Crippen molar-refractivity contribution >= 4 is 34.1 Å². The summed E-state index contributed by atoms with van der Waals surface area (Å²) in [4.78, 5) is 12.4. The monoisotopic (exact) mass is 472 g/mol. The summed E-state index contributed by atoms with van der Waals surface area (Å²) in [5.74, 6) is 2.13. The predicted molar refractivity (Wildman–Crippen MR) is 126 cm³/mol. The summed E-state index contributed by atoms with van der Waals surface area (Å²) in [7, 11) is 1.88. The van der Waals surface area contributed by atoms with E-state index >= 15 is 0 Å². The SMILES string of the molecule is Cc1ccc(C)c(OCc2nnc(SCC(=O)Nc3nnc(C4CCCCC4)s3)n2C)c1. The highest BCUT2D eigenvalue weighted by atomic mass is 32.2. The number of hydrogen-bond acceptors (Lipinski definition) is 8. The molecule has 3 aromatic rings. The number of amides is 1. The fraction of sp³-hybridized carbons (Fsp3) is 0.500. The molecule has 2 heterocycles. The van der Waals surface area contributed by atoms with Crippen molar-refractivity contribution < 1.29 is 9.53 Å². The average molecular weight is 473 g/mol. The summed E-state index contributed by atoms with van der Waals surface area (Å²) in [5, 5.41) is 22.0. The summed E-state index contributed by atoms with van der Waals surface area (Å²) in [6, 6.07) is 6.11. The molecular formula is C22H28N6O2S2. The van der Waals surface area contributed by atoms with Crippen LogP contribution in [-0.4, -0.2) is 36.6 Å². The number of ether oxygens (including phenoxy) is 1. The van der Waals surface area contributed by atoms with Crippen molar-refractivity contribution in [2.24, 2.45) is 7.05 Å². The second-order valence-corrected chi connectivity index (χ2v) is 10.1. The van der Waals surface area contributed by atoms with Gasteiger partial charge in [0.1, 0.15) is 17.4 Å². The predicted octanol–water partition coefficient (Wildman–Crippen LogP) is 4.64. The number of aryl methyl sites for hydroxylation is 2. The lowest BCUT2D eigenvalue weighted by atomic mass is 9.90. The topological polar surface area (TPSA) is 94.8 Å². The second kappa shape index (κ2) is 10.4. The van der Waals surface area contributed by atoms with Gasteiger partial charge >= 0.3 is 0 Å². The molecule has 0 unspecified atom stereocenters. The molecule has 0 radical (unpaired) electrons. The molecular weight excluding hydrogens is 444 g/mol. The smallest absolute Gasteiger partial charge is 0.236 e. The number of carbonyl (C=O) groups is 1. The minimum Gasteiger partial charge on any atom is -0.485 e. The van der Waals surface area contributed by atoms with Crippen molar-refractivity contribution in [3.05, 3.63) is 40.2 Å². The van der Waals surface area contributed by atoms with E-state index in [9.17, 15) is 4.79 Å². The lowest BCUT2D eigenvalue weighted by molar-refractivity contribution is -0.113. The Kier molecular flexibility index (Phi) is 7.41. The van der Waals surface area contributed by atoms with E-state index in [1.807, 2.05) is 37.6 Å². The zero-order valence-corrected chi connectivity index (χ0v) is 20.3.